The molecular weight excluding hydrogens is 238 g/mol. The molecule has 0 saturated heterocycles. The highest BCUT2D eigenvalue weighted by molar-refractivity contribution is 7.89. The molecule has 0 unspecified atom stereocenters. The summed E-state index contributed by atoms with van der Waals surface area (Å²) in [6.45, 7) is 5.76. The molecule has 1 rings (SSSR count). The molecule has 0 bridgehead atoms. The van der Waals surface area contributed by atoms with Crippen molar-refractivity contribution in [3.63, 3.8) is 0 Å². The standard InChI is InChI=1S/C11H19N3O2S/c1-5-6-7-8-12-17(15,16)11-9(2)13-14(4)10(11)3/h5-6,12H,7-8H2,1-4H3/b6-5+. The second-order valence-electron chi connectivity index (χ2n) is 3.88. The van der Waals surface area contributed by atoms with Crippen LogP contribution in [0.4, 0.5) is 0 Å². The first-order valence-electron chi connectivity index (χ1n) is 5.51. The molecule has 0 saturated carbocycles. The molecular formula is C11H19N3O2S. The van der Waals surface area contributed by atoms with Crippen molar-refractivity contribution in [3.05, 3.63) is 23.5 Å². The molecule has 0 aliphatic rings. The molecule has 1 heterocycles. The minimum atomic E-state index is -3.45. The maximum Gasteiger partial charge on any atom is 0.244 e. The van der Waals surface area contributed by atoms with Crippen molar-refractivity contribution < 1.29 is 8.42 Å². The summed E-state index contributed by atoms with van der Waals surface area (Å²) in [5.74, 6) is 0. The Kier molecular flexibility index (Phi) is 4.47. The molecule has 17 heavy (non-hydrogen) atoms. The number of rotatable bonds is 5. The molecule has 1 N–H and O–H groups in total. The van der Waals surface area contributed by atoms with Gasteiger partial charge in [0.05, 0.1) is 11.4 Å². The Morgan fingerprint density at radius 2 is 2.06 bits per heavy atom. The fourth-order valence-corrected chi connectivity index (χ4v) is 3.14. The SMILES string of the molecule is C/C=C/CCNS(=O)(=O)c1c(C)nn(C)c1C. The van der Waals surface area contributed by atoms with E-state index in [4.69, 9.17) is 0 Å². The lowest BCUT2D eigenvalue weighted by molar-refractivity contribution is 0.580. The first-order chi connectivity index (χ1) is 7.90. The van der Waals surface area contributed by atoms with Crippen LogP contribution < -0.4 is 4.72 Å². The minimum absolute atomic E-state index is 0.292. The smallest absolute Gasteiger partial charge is 0.244 e. The number of allylic oxidation sites excluding steroid dienone is 1. The van der Waals surface area contributed by atoms with Crippen LogP contribution in [-0.2, 0) is 17.1 Å². The third kappa shape index (κ3) is 3.17. The minimum Gasteiger partial charge on any atom is -0.271 e. The Hall–Kier alpha value is -1.14. The molecule has 1 aromatic heterocycles. The zero-order valence-electron chi connectivity index (χ0n) is 10.7. The second-order valence-corrected chi connectivity index (χ2v) is 5.58. The van der Waals surface area contributed by atoms with Crippen LogP contribution in [0.2, 0.25) is 0 Å². The highest BCUT2D eigenvalue weighted by atomic mass is 32.2. The van der Waals surface area contributed by atoms with Gasteiger partial charge in [-0.3, -0.25) is 4.68 Å². The van der Waals surface area contributed by atoms with E-state index in [2.05, 4.69) is 9.82 Å². The Balaban J connectivity index is 2.90. The molecule has 0 aromatic carbocycles. The highest BCUT2D eigenvalue weighted by Gasteiger charge is 2.22. The van der Waals surface area contributed by atoms with Gasteiger partial charge in [0.25, 0.3) is 0 Å². The third-order valence-corrected chi connectivity index (χ3v) is 4.26. The van der Waals surface area contributed by atoms with Gasteiger partial charge in [0, 0.05) is 13.6 Å². The van der Waals surface area contributed by atoms with Crippen LogP contribution in [0.15, 0.2) is 17.0 Å². The van der Waals surface area contributed by atoms with Gasteiger partial charge in [-0.2, -0.15) is 5.10 Å². The van der Waals surface area contributed by atoms with Crippen molar-refractivity contribution in [2.75, 3.05) is 6.54 Å². The number of aromatic nitrogens is 2. The molecule has 1 aromatic rings. The Labute approximate surface area is 103 Å². The van der Waals surface area contributed by atoms with Crippen molar-refractivity contribution in [1.29, 1.82) is 0 Å². The average Bonchev–Trinajstić information content (AvgIpc) is 2.48. The van der Waals surface area contributed by atoms with Crippen LogP contribution in [-0.4, -0.2) is 24.7 Å². The van der Waals surface area contributed by atoms with Crippen molar-refractivity contribution >= 4 is 10.0 Å². The summed E-state index contributed by atoms with van der Waals surface area (Å²) in [5.41, 5.74) is 1.18. The van der Waals surface area contributed by atoms with Gasteiger partial charge in [0.1, 0.15) is 4.90 Å². The lowest BCUT2D eigenvalue weighted by Crippen LogP contribution is -2.25. The summed E-state index contributed by atoms with van der Waals surface area (Å²) < 4.78 is 28.3. The predicted octanol–water partition coefficient (Wildman–Crippen LogP) is 1.28. The van der Waals surface area contributed by atoms with Crippen molar-refractivity contribution in [3.8, 4) is 0 Å². The van der Waals surface area contributed by atoms with Crippen LogP contribution >= 0.6 is 0 Å². The van der Waals surface area contributed by atoms with E-state index in [1.165, 1.54) is 0 Å². The molecule has 0 fully saturated rings. The molecule has 0 spiro atoms. The topological polar surface area (TPSA) is 64.0 Å². The monoisotopic (exact) mass is 257 g/mol. The van der Waals surface area contributed by atoms with E-state index in [-0.39, 0.29) is 0 Å². The summed E-state index contributed by atoms with van der Waals surface area (Å²) in [7, 11) is -1.71. The fourth-order valence-electron chi connectivity index (χ4n) is 1.66. The summed E-state index contributed by atoms with van der Waals surface area (Å²) in [4.78, 5) is 0.292. The van der Waals surface area contributed by atoms with Gasteiger partial charge in [0.15, 0.2) is 0 Å². The lowest BCUT2D eigenvalue weighted by atomic mass is 10.4. The van der Waals surface area contributed by atoms with E-state index in [1.807, 2.05) is 19.1 Å². The van der Waals surface area contributed by atoms with E-state index < -0.39 is 10.0 Å². The van der Waals surface area contributed by atoms with Crippen molar-refractivity contribution in [2.24, 2.45) is 7.05 Å². The normalized spacial score (nSPS) is 12.5. The van der Waals surface area contributed by atoms with E-state index in [0.717, 1.165) is 0 Å². The summed E-state index contributed by atoms with van der Waals surface area (Å²) in [5, 5.41) is 4.10. The predicted molar refractivity (Wildman–Crippen MR) is 67.3 cm³/mol. The number of nitrogens with one attached hydrogen (secondary N) is 1. The second kappa shape index (κ2) is 5.46. The number of hydrogen-bond donors (Lipinski definition) is 1. The van der Waals surface area contributed by atoms with Gasteiger partial charge in [-0.25, -0.2) is 13.1 Å². The van der Waals surface area contributed by atoms with E-state index in [0.29, 0.717) is 29.2 Å². The van der Waals surface area contributed by atoms with Crippen LogP contribution in [0.1, 0.15) is 24.7 Å². The van der Waals surface area contributed by atoms with Crippen molar-refractivity contribution in [2.45, 2.75) is 32.1 Å². The Morgan fingerprint density at radius 1 is 1.41 bits per heavy atom. The number of nitrogens with zero attached hydrogens (tertiary/aromatic N) is 2. The van der Waals surface area contributed by atoms with Crippen LogP contribution in [0.25, 0.3) is 0 Å². The first kappa shape index (κ1) is 13.9. The van der Waals surface area contributed by atoms with E-state index in [9.17, 15) is 8.42 Å². The van der Waals surface area contributed by atoms with Gasteiger partial charge < -0.3 is 0 Å². The quantitative estimate of drug-likeness (QED) is 0.638. The highest BCUT2D eigenvalue weighted by Crippen LogP contribution is 2.17. The maximum absolute atomic E-state index is 12.1. The molecule has 0 aliphatic carbocycles. The molecule has 0 amide bonds. The molecule has 6 heteroatoms. The van der Waals surface area contributed by atoms with Gasteiger partial charge in [0.2, 0.25) is 10.0 Å². The van der Waals surface area contributed by atoms with Crippen LogP contribution in [0.5, 0.6) is 0 Å². The molecule has 0 radical (unpaired) electrons. The lowest BCUT2D eigenvalue weighted by Gasteiger charge is -2.05. The Bertz CT molecular complexity index is 515. The molecule has 96 valence electrons. The summed E-state index contributed by atoms with van der Waals surface area (Å²) in [6, 6.07) is 0. The van der Waals surface area contributed by atoms with Gasteiger partial charge in [-0.05, 0) is 27.2 Å². The molecule has 0 atom stereocenters. The average molecular weight is 257 g/mol. The zero-order chi connectivity index (χ0) is 13.1. The Morgan fingerprint density at radius 3 is 2.53 bits per heavy atom. The summed E-state index contributed by atoms with van der Waals surface area (Å²) >= 11 is 0. The number of hydrogen-bond acceptors (Lipinski definition) is 3. The van der Waals surface area contributed by atoms with Crippen molar-refractivity contribution in [1.82, 2.24) is 14.5 Å². The number of aryl methyl sites for hydroxylation is 2. The van der Waals surface area contributed by atoms with Crippen LogP contribution in [0.3, 0.4) is 0 Å². The van der Waals surface area contributed by atoms with Gasteiger partial charge in [-0.15, -0.1) is 0 Å². The first-order valence-corrected chi connectivity index (χ1v) is 6.99. The number of sulfonamides is 1. The maximum atomic E-state index is 12.1. The van der Waals surface area contributed by atoms with Gasteiger partial charge in [-0.1, -0.05) is 12.2 Å². The van der Waals surface area contributed by atoms with Crippen LogP contribution in [0, 0.1) is 13.8 Å². The van der Waals surface area contributed by atoms with E-state index >= 15 is 0 Å². The summed E-state index contributed by atoms with van der Waals surface area (Å²) in [6.07, 6.45) is 4.51. The zero-order valence-corrected chi connectivity index (χ0v) is 11.5. The largest absolute Gasteiger partial charge is 0.271 e. The molecule has 5 nitrogen and oxygen atoms in total. The van der Waals surface area contributed by atoms with E-state index in [1.54, 1.807) is 25.6 Å². The van der Waals surface area contributed by atoms with Gasteiger partial charge >= 0.3 is 0 Å². The third-order valence-electron chi connectivity index (χ3n) is 2.55. The molecule has 0 aliphatic heterocycles. The fraction of sp³-hybridized carbons (Fsp3) is 0.545.